The van der Waals surface area contributed by atoms with Crippen molar-refractivity contribution in [1.29, 1.82) is 0 Å². The maximum absolute atomic E-state index is 11.2. The zero-order valence-corrected chi connectivity index (χ0v) is 8.96. The Labute approximate surface area is 86.2 Å². The van der Waals surface area contributed by atoms with Crippen molar-refractivity contribution in [3.63, 3.8) is 0 Å². The molecule has 1 amide bonds. The van der Waals surface area contributed by atoms with Crippen LogP contribution in [0.1, 0.15) is 26.2 Å². The van der Waals surface area contributed by atoms with Crippen LogP contribution in [0, 0.1) is 0 Å². The Balaban J connectivity index is 2.32. The lowest BCUT2D eigenvalue weighted by molar-refractivity contribution is -0.121. The van der Waals surface area contributed by atoms with Gasteiger partial charge in [-0.15, -0.1) is 6.58 Å². The smallest absolute Gasteiger partial charge is 0.219 e. The number of rotatable bonds is 4. The molecule has 1 heterocycles. The van der Waals surface area contributed by atoms with E-state index < -0.39 is 0 Å². The lowest BCUT2D eigenvalue weighted by Gasteiger charge is -2.32. The summed E-state index contributed by atoms with van der Waals surface area (Å²) >= 11 is 0. The highest BCUT2D eigenvalue weighted by Gasteiger charge is 2.19. The van der Waals surface area contributed by atoms with Crippen LogP contribution in [-0.4, -0.2) is 36.5 Å². The van der Waals surface area contributed by atoms with Gasteiger partial charge in [-0.05, 0) is 19.4 Å². The zero-order valence-electron chi connectivity index (χ0n) is 8.96. The third-order valence-electron chi connectivity index (χ3n) is 2.58. The van der Waals surface area contributed by atoms with Gasteiger partial charge in [-0.3, -0.25) is 9.69 Å². The molecule has 0 bridgehead atoms. The molecule has 0 aromatic rings. The van der Waals surface area contributed by atoms with Crippen molar-refractivity contribution >= 4 is 5.91 Å². The van der Waals surface area contributed by atoms with Crippen molar-refractivity contribution in [2.24, 2.45) is 0 Å². The van der Waals surface area contributed by atoms with Crippen LogP contribution in [0.15, 0.2) is 12.7 Å². The first-order valence-electron chi connectivity index (χ1n) is 5.39. The van der Waals surface area contributed by atoms with Gasteiger partial charge in [-0.1, -0.05) is 13.0 Å². The second-order valence-corrected chi connectivity index (χ2v) is 3.81. The van der Waals surface area contributed by atoms with E-state index in [2.05, 4.69) is 16.8 Å². The molecule has 1 unspecified atom stereocenters. The number of nitrogens with zero attached hydrogens (tertiary/aromatic N) is 1. The van der Waals surface area contributed by atoms with Crippen LogP contribution in [-0.2, 0) is 4.79 Å². The van der Waals surface area contributed by atoms with E-state index in [9.17, 15) is 4.79 Å². The number of nitrogens with one attached hydrogen (secondary N) is 1. The Morgan fingerprint density at radius 1 is 1.71 bits per heavy atom. The van der Waals surface area contributed by atoms with Gasteiger partial charge in [0, 0.05) is 25.6 Å². The van der Waals surface area contributed by atoms with Gasteiger partial charge < -0.3 is 5.32 Å². The molecule has 1 fully saturated rings. The molecule has 1 saturated heterocycles. The van der Waals surface area contributed by atoms with Gasteiger partial charge in [0.1, 0.15) is 0 Å². The van der Waals surface area contributed by atoms with Gasteiger partial charge in [0.15, 0.2) is 0 Å². The topological polar surface area (TPSA) is 32.3 Å². The molecule has 14 heavy (non-hydrogen) atoms. The molecule has 0 saturated carbocycles. The third-order valence-corrected chi connectivity index (χ3v) is 2.58. The molecule has 0 spiro atoms. The summed E-state index contributed by atoms with van der Waals surface area (Å²) in [5.74, 6) is 0.162. The Morgan fingerprint density at radius 3 is 3.14 bits per heavy atom. The first-order valence-corrected chi connectivity index (χ1v) is 5.39. The van der Waals surface area contributed by atoms with Crippen molar-refractivity contribution in [3.05, 3.63) is 12.7 Å². The summed E-state index contributed by atoms with van der Waals surface area (Å²) in [4.78, 5) is 13.5. The largest absolute Gasteiger partial charge is 0.352 e. The normalized spacial score (nSPS) is 23.1. The van der Waals surface area contributed by atoms with E-state index in [4.69, 9.17) is 0 Å². The molecule has 0 radical (unpaired) electrons. The van der Waals surface area contributed by atoms with Gasteiger partial charge >= 0.3 is 0 Å². The minimum atomic E-state index is 0.162. The molecular formula is C11H20N2O. The summed E-state index contributed by atoms with van der Waals surface area (Å²) in [5, 5.41) is 3.04. The molecule has 0 aliphatic carbocycles. The zero-order chi connectivity index (χ0) is 10.4. The van der Waals surface area contributed by atoms with Crippen molar-refractivity contribution in [2.75, 3.05) is 19.6 Å². The van der Waals surface area contributed by atoms with Gasteiger partial charge in [-0.25, -0.2) is 0 Å². The molecule has 1 atom stereocenters. The summed E-state index contributed by atoms with van der Waals surface area (Å²) < 4.78 is 0. The van der Waals surface area contributed by atoms with Crippen LogP contribution >= 0.6 is 0 Å². The average Bonchev–Trinajstić information content (AvgIpc) is 2.19. The molecular weight excluding hydrogens is 176 g/mol. The maximum atomic E-state index is 11.2. The summed E-state index contributed by atoms with van der Waals surface area (Å²) in [6, 6.07) is 0.344. The SMILES string of the molecule is C=CCN1CCCC(NC(=O)CC)C1. The summed E-state index contributed by atoms with van der Waals surface area (Å²) in [7, 11) is 0. The van der Waals surface area contributed by atoms with E-state index in [1.807, 2.05) is 13.0 Å². The van der Waals surface area contributed by atoms with E-state index in [1.165, 1.54) is 6.42 Å². The van der Waals surface area contributed by atoms with Gasteiger partial charge in [0.2, 0.25) is 5.91 Å². The van der Waals surface area contributed by atoms with E-state index in [0.717, 1.165) is 26.1 Å². The minimum absolute atomic E-state index is 0.162. The standard InChI is InChI=1S/C11H20N2O/c1-3-7-13-8-5-6-10(9-13)12-11(14)4-2/h3,10H,1,4-9H2,2H3,(H,12,14). The predicted octanol–water partition coefficient (Wildman–Crippen LogP) is 1.16. The quantitative estimate of drug-likeness (QED) is 0.684. The number of likely N-dealkylation sites (tertiary alicyclic amines) is 1. The van der Waals surface area contributed by atoms with Crippen LogP contribution in [0.5, 0.6) is 0 Å². The lowest BCUT2D eigenvalue weighted by Crippen LogP contribution is -2.47. The Morgan fingerprint density at radius 2 is 2.50 bits per heavy atom. The van der Waals surface area contributed by atoms with Crippen LogP contribution in [0.4, 0.5) is 0 Å². The molecule has 0 aromatic carbocycles. The summed E-state index contributed by atoms with van der Waals surface area (Å²) in [6.45, 7) is 8.65. The summed E-state index contributed by atoms with van der Waals surface area (Å²) in [6.07, 6.45) is 4.78. The number of hydrogen-bond donors (Lipinski definition) is 1. The van der Waals surface area contributed by atoms with Gasteiger partial charge in [0.25, 0.3) is 0 Å². The monoisotopic (exact) mass is 196 g/mol. The van der Waals surface area contributed by atoms with Crippen molar-refractivity contribution in [3.8, 4) is 0 Å². The molecule has 1 aliphatic rings. The number of piperidine rings is 1. The van der Waals surface area contributed by atoms with Crippen LogP contribution < -0.4 is 5.32 Å². The molecule has 0 aromatic heterocycles. The Hall–Kier alpha value is -0.830. The Kier molecular flexibility index (Phi) is 4.66. The fourth-order valence-electron chi connectivity index (χ4n) is 1.85. The average molecular weight is 196 g/mol. The fourth-order valence-corrected chi connectivity index (χ4v) is 1.85. The number of hydrogen-bond acceptors (Lipinski definition) is 2. The van der Waals surface area contributed by atoms with E-state index in [0.29, 0.717) is 12.5 Å². The Bertz CT molecular complexity index is 203. The van der Waals surface area contributed by atoms with Crippen molar-refractivity contribution < 1.29 is 4.79 Å². The highest BCUT2D eigenvalue weighted by atomic mass is 16.1. The highest BCUT2D eigenvalue weighted by molar-refractivity contribution is 5.75. The number of carbonyl (C=O) groups is 1. The van der Waals surface area contributed by atoms with Crippen LogP contribution in [0.2, 0.25) is 0 Å². The third kappa shape index (κ3) is 3.50. The second-order valence-electron chi connectivity index (χ2n) is 3.81. The predicted molar refractivity (Wildman–Crippen MR) is 58.1 cm³/mol. The van der Waals surface area contributed by atoms with E-state index in [1.54, 1.807) is 0 Å². The first-order chi connectivity index (χ1) is 6.76. The molecule has 1 N–H and O–H groups in total. The molecule has 1 rings (SSSR count). The molecule has 3 nitrogen and oxygen atoms in total. The number of carbonyl (C=O) groups excluding carboxylic acids is 1. The van der Waals surface area contributed by atoms with E-state index in [-0.39, 0.29) is 5.91 Å². The van der Waals surface area contributed by atoms with E-state index >= 15 is 0 Å². The molecule has 1 aliphatic heterocycles. The first kappa shape index (κ1) is 11.2. The van der Waals surface area contributed by atoms with Crippen LogP contribution in [0.25, 0.3) is 0 Å². The highest BCUT2D eigenvalue weighted by Crippen LogP contribution is 2.09. The number of amides is 1. The minimum Gasteiger partial charge on any atom is -0.352 e. The molecule has 80 valence electrons. The van der Waals surface area contributed by atoms with Crippen molar-refractivity contribution in [2.45, 2.75) is 32.2 Å². The van der Waals surface area contributed by atoms with Gasteiger partial charge in [0.05, 0.1) is 0 Å². The molecule has 3 heteroatoms. The second kappa shape index (κ2) is 5.81. The summed E-state index contributed by atoms with van der Waals surface area (Å²) in [5.41, 5.74) is 0. The van der Waals surface area contributed by atoms with Crippen LogP contribution in [0.3, 0.4) is 0 Å². The van der Waals surface area contributed by atoms with Gasteiger partial charge in [-0.2, -0.15) is 0 Å². The van der Waals surface area contributed by atoms with Crippen molar-refractivity contribution in [1.82, 2.24) is 10.2 Å². The lowest BCUT2D eigenvalue weighted by atomic mass is 10.1. The fraction of sp³-hybridized carbons (Fsp3) is 0.727. The maximum Gasteiger partial charge on any atom is 0.219 e.